The summed E-state index contributed by atoms with van der Waals surface area (Å²) in [7, 11) is 0. The minimum atomic E-state index is -1.90. The molecule has 0 bridgehead atoms. The van der Waals surface area contributed by atoms with Crippen molar-refractivity contribution < 1.29 is 79.4 Å². The number of fused-ring (bicyclic) bond motifs is 2. The van der Waals surface area contributed by atoms with Crippen LogP contribution in [0.1, 0.15) is 30.0 Å². The summed E-state index contributed by atoms with van der Waals surface area (Å²) >= 11 is 0. The molecule has 0 aliphatic rings. The molecule has 64 heavy (non-hydrogen) atoms. The summed E-state index contributed by atoms with van der Waals surface area (Å²) in [4.78, 5) is 40.1. The van der Waals surface area contributed by atoms with Crippen LogP contribution in [0.5, 0.6) is 0 Å². The number of aromatic amines is 1. The van der Waals surface area contributed by atoms with Gasteiger partial charge in [-0.05, 0) is 32.0 Å². The van der Waals surface area contributed by atoms with Crippen molar-refractivity contribution in [1.82, 2.24) is 29.7 Å². The zero-order valence-electron chi connectivity index (χ0n) is 36.0. The number of amides is 2. The molecule has 3 heterocycles. The lowest BCUT2D eigenvalue weighted by Gasteiger charge is -2.33. The predicted octanol–water partition coefficient (Wildman–Crippen LogP) is -5.06. The molecule has 8 atom stereocenters. The average Bonchev–Trinajstić information content (AvgIpc) is 3.88. The van der Waals surface area contributed by atoms with Crippen LogP contribution >= 0.6 is 0 Å². The Morgan fingerprint density at radius 1 is 0.844 bits per heavy atom. The van der Waals surface area contributed by atoms with Crippen molar-refractivity contribution in [3.8, 4) is 0 Å². The summed E-state index contributed by atoms with van der Waals surface area (Å²) in [5.74, 6) is 0.860. The van der Waals surface area contributed by atoms with Crippen LogP contribution < -0.4 is 20.5 Å². The summed E-state index contributed by atoms with van der Waals surface area (Å²) in [6, 6.07) is 7.16. The van der Waals surface area contributed by atoms with Gasteiger partial charge in [-0.3, -0.25) is 19.4 Å². The number of hydrogen-bond acceptors (Lipinski definition) is 19. The molecule has 0 radical (unpaired) electrons. The second-order valence-electron chi connectivity index (χ2n) is 14.9. The first kappa shape index (κ1) is 52.1. The molecule has 4 aromatic rings. The first-order valence-corrected chi connectivity index (χ1v) is 21.0. The van der Waals surface area contributed by atoms with Gasteiger partial charge in [0.05, 0.1) is 78.2 Å². The van der Waals surface area contributed by atoms with Crippen molar-refractivity contribution in [2.75, 3.05) is 89.7 Å². The van der Waals surface area contributed by atoms with Gasteiger partial charge in [-0.25, -0.2) is 19.1 Å². The number of nitrogens with zero attached hydrogens (tertiary/aromatic N) is 6. The highest BCUT2D eigenvalue weighted by Gasteiger charge is 2.34. The van der Waals surface area contributed by atoms with Gasteiger partial charge < -0.3 is 81.3 Å². The normalized spacial score (nSPS) is 15.8. The smallest absolute Gasteiger partial charge is 0.277 e. The Labute approximate surface area is 368 Å². The first-order chi connectivity index (χ1) is 30.7. The Balaban J connectivity index is 1.19. The van der Waals surface area contributed by atoms with Gasteiger partial charge in [0.1, 0.15) is 48.7 Å². The standard InChI is InChI=1S/C40H63N9O15/c1-3-48-26-6-5-24(17-27(26)49(4-2)32(48)20-47(23-52)39-37(41)45-38-25(44-39)7-8-42-38)40(61)43-9-11-62-13-15-64-16-14-63-12-10-46(18-28(53)33(57)35(59)30(55)21-50)19-29(54)34(58)36(60)31(56)22-51/h5-8,17,23,28-31,33-36,50-51,53-60H,3-4,9-16,18-22H2,1-2H3,(H3-,41,42,43,44,45,61)/p+1/t28-,29-,30+,31+,33+,34+,35+,36+/m0/s1. The molecule has 24 heteroatoms. The fourth-order valence-electron chi connectivity index (χ4n) is 7.01. The maximum Gasteiger partial charge on any atom is 0.277 e. The third-order valence-corrected chi connectivity index (χ3v) is 10.5. The molecule has 1 aromatic carbocycles. The molecule has 0 spiro atoms. The molecular weight excluding hydrogens is 846 g/mol. The Hall–Kier alpha value is -4.51. The summed E-state index contributed by atoms with van der Waals surface area (Å²) in [5.41, 5.74) is 9.41. The Morgan fingerprint density at radius 2 is 1.42 bits per heavy atom. The lowest BCUT2D eigenvalue weighted by Crippen LogP contribution is -2.53. The minimum Gasteiger partial charge on any atom is -0.394 e. The number of aryl methyl sites for hydroxylation is 2. The van der Waals surface area contributed by atoms with E-state index in [0.717, 1.165) is 16.9 Å². The summed E-state index contributed by atoms with van der Waals surface area (Å²) in [6.45, 7) is 3.86. The number of carbonyl (C=O) groups excluding carboxylic acids is 2. The lowest BCUT2D eigenvalue weighted by atomic mass is 10.0. The number of anilines is 2. The highest BCUT2D eigenvalue weighted by molar-refractivity contribution is 5.97. The van der Waals surface area contributed by atoms with E-state index >= 15 is 0 Å². The number of hydrogen-bond donors (Lipinski definition) is 13. The van der Waals surface area contributed by atoms with Gasteiger partial charge >= 0.3 is 0 Å². The van der Waals surface area contributed by atoms with Crippen LogP contribution in [0.3, 0.4) is 0 Å². The Kier molecular flexibility index (Phi) is 21.0. The Bertz CT molecular complexity index is 2010. The van der Waals surface area contributed by atoms with Gasteiger partial charge in [0.25, 0.3) is 11.7 Å². The fraction of sp³-hybridized carbons (Fsp3) is 0.625. The monoisotopic (exact) mass is 910 g/mol. The van der Waals surface area contributed by atoms with Crippen LogP contribution in [0.2, 0.25) is 0 Å². The van der Waals surface area contributed by atoms with Crippen LogP contribution in [0.4, 0.5) is 11.6 Å². The number of H-pyrrole nitrogens is 1. The molecule has 358 valence electrons. The molecule has 0 fully saturated rings. The first-order valence-electron chi connectivity index (χ1n) is 21.0. The zero-order chi connectivity index (χ0) is 46.9. The van der Waals surface area contributed by atoms with Crippen LogP contribution in [-0.2, 0) is 38.6 Å². The minimum absolute atomic E-state index is 0.00176. The van der Waals surface area contributed by atoms with Crippen molar-refractivity contribution in [3.05, 3.63) is 41.9 Å². The molecule has 0 aliphatic carbocycles. The number of aliphatic hydroxyl groups excluding tert-OH is 10. The second kappa shape index (κ2) is 25.8. The largest absolute Gasteiger partial charge is 0.394 e. The maximum atomic E-state index is 13.2. The number of nitrogens with two attached hydrogens (primary N) is 1. The van der Waals surface area contributed by atoms with Crippen LogP contribution in [0, 0.1) is 0 Å². The van der Waals surface area contributed by atoms with E-state index in [-0.39, 0.29) is 76.8 Å². The van der Waals surface area contributed by atoms with Crippen LogP contribution in [-0.4, -0.2) is 216 Å². The highest BCUT2D eigenvalue weighted by Crippen LogP contribution is 2.24. The van der Waals surface area contributed by atoms with Gasteiger partial charge in [-0.2, -0.15) is 0 Å². The average molecular weight is 911 g/mol. The van der Waals surface area contributed by atoms with E-state index in [1.165, 1.54) is 9.80 Å². The molecular formula is C40H64N9O15+. The molecule has 0 saturated heterocycles. The summed E-state index contributed by atoms with van der Waals surface area (Å²) < 4.78 is 20.8. The van der Waals surface area contributed by atoms with Gasteiger partial charge in [-0.15, -0.1) is 0 Å². The second-order valence-corrected chi connectivity index (χ2v) is 14.9. The number of ether oxygens (including phenoxy) is 3. The Morgan fingerprint density at radius 3 is 1.98 bits per heavy atom. The quantitative estimate of drug-likeness (QED) is 0.0128. The molecule has 14 N–H and O–H groups in total. The molecule has 0 aliphatic heterocycles. The number of carbonyl (C=O) groups is 2. The number of aliphatic hydroxyl groups is 10. The number of nitrogens with one attached hydrogen (secondary N) is 2. The molecule has 0 saturated carbocycles. The highest BCUT2D eigenvalue weighted by atomic mass is 16.5. The van der Waals surface area contributed by atoms with Crippen molar-refractivity contribution in [2.24, 2.45) is 0 Å². The van der Waals surface area contributed by atoms with Gasteiger partial charge in [-0.1, -0.05) is 0 Å². The van der Waals surface area contributed by atoms with Crippen molar-refractivity contribution >= 4 is 46.2 Å². The topological polar surface area (TPSA) is 359 Å². The molecule has 2 amide bonds. The molecule has 3 aromatic heterocycles. The predicted molar refractivity (Wildman–Crippen MR) is 227 cm³/mol. The number of rotatable bonds is 31. The number of imidazole rings is 1. The van der Waals surface area contributed by atoms with Gasteiger partial charge in [0.2, 0.25) is 6.41 Å². The molecule has 24 nitrogen and oxygen atoms in total. The van der Waals surface area contributed by atoms with Crippen molar-refractivity contribution in [1.29, 1.82) is 0 Å². The lowest BCUT2D eigenvalue weighted by molar-refractivity contribution is -0.676. The van der Waals surface area contributed by atoms with E-state index in [2.05, 4.69) is 24.8 Å². The van der Waals surface area contributed by atoms with Crippen LogP contribution in [0.15, 0.2) is 30.5 Å². The van der Waals surface area contributed by atoms with Crippen LogP contribution in [0.25, 0.3) is 22.2 Å². The number of aromatic nitrogens is 5. The van der Waals surface area contributed by atoms with Crippen molar-refractivity contribution in [2.45, 2.75) is 82.3 Å². The molecule has 0 unspecified atom stereocenters. The third-order valence-electron chi connectivity index (χ3n) is 10.5. The van der Waals surface area contributed by atoms with E-state index in [0.29, 0.717) is 36.2 Å². The van der Waals surface area contributed by atoms with E-state index in [1.807, 2.05) is 30.5 Å². The fourth-order valence-corrected chi connectivity index (χ4v) is 7.01. The van der Waals surface area contributed by atoms with Gasteiger partial charge in [0.15, 0.2) is 28.3 Å². The number of benzene rings is 1. The number of nitrogen functional groups attached to an aromatic ring is 1. The van der Waals surface area contributed by atoms with Gasteiger partial charge in [0, 0.05) is 44.0 Å². The van der Waals surface area contributed by atoms with E-state index < -0.39 is 75.1 Å². The van der Waals surface area contributed by atoms with E-state index in [9.17, 15) is 50.4 Å². The van der Waals surface area contributed by atoms with Crippen molar-refractivity contribution in [3.63, 3.8) is 0 Å². The molecule has 4 rings (SSSR count). The maximum absolute atomic E-state index is 13.2. The van der Waals surface area contributed by atoms with E-state index in [4.69, 9.17) is 30.2 Å². The SMILES string of the molecule is CCn1c(CN(C=O)c2nc3cc[nH]c3nc2N)[n+](CC)c2cc(C(=O)NCCOCCOCCOCCN(C[C@H](O)[C@@H](O)[C@H](O)[C@H](O)CO)C[C@H](O)[C@@H](O)[C@H](O)[C@H](O)CO)ccc21. The summed E-state index contributed by atoms with van der Waals surface area (Å²) in [5, 5.41) is 102. The van der Waals surface area contributed by atoms with E-state index in [1.54, 1.807) is 18.3 Å². The summed E-state index contributed by atoms with van der Waals surface area (Å²) in [6.07, 6.45) is -12.1. The zero-order valence-corrected chi connectivity index (χ0v) is 36.0. The third kappa shape index (κ3) is 13.8.